The first-order chi connectivity index (χ1) is 11.5. The minimum atomic E-state index is -2.67. The molecule has 1 aliphatic carbocycles. The SMILES string of the molecule is O=C(Cc1cc2cc(-c3cncs3)ncc2cn1)C1CC(F)(F)C1. The molecule has 0 spiro atoms. The van der Waals surface area contributed by atoms with E-state index in [1.54, 1.807) is 24.1 Å². The molecule has 3 aromatic rings. The highest BCUT2D eigenvalue weighted by molar-refractivity contribution is 7.13. The van der Waals surface area contributed by atoms with Crippen LogP contribution in [0.5, 0.6) is 0 Å². The molecule has 1 fully saturated rings. The molecule has 0 unspecified atom stereocenters. The average Bonchev–Trinajstić information content (AvgIpc) is 3.06. The molecule has 0 atom stereocenters. The van der Waals surface area contributed by atoms with E-state index in [-0.39, 0.29) is 25.0 Å². The van der Waals surface area contributed by atoms with E-state index in [1.165, 1.54) is 11.3 Å². The van der Waals surface area contributed by atoms with Crippen molar-refractivity contribution < 1.29 is 13.6 Å². The number of carbonyl (C=O) groups excluding carboxylic acids is 1. The predicted octanol–water partition coefficient (Wildman–Crippen LogP) is 3.91. The van der Waals surface area contributed by atoms with Gasteiger partial charge >= 0.3 is 0 Å². The summed E-state index contributed by atoms with van der Waals surface area (Å²) in [6.07, 6.45) is 4.57. The van der Waals surface area contributed by atoms with Gasteiger partial charge in [0.2, 0.25) is 5.92 Å². The summed E-state index contributed by atoms with van der Waals surface area (Å²) in [6.45, 7) is 0. The summed E-state index contributed by atoms with van der Waals surface area (Å²) in [5.74, 6) is -3.38. The molecule has 3 aromatic heterocycles. The van der Waals surface area contributed by atoms with Crippen LogP contribution in [-0.2, 0) is 11.2 Å². The fourth-order valence-corrected chi connectivity index (χ4v) is 3.46. The number of halogens is 2. The van der Waals surface area contributed by atoms with Crippen LogP contribution in [0.4, 0.5) is 8.78 Å². The number of nitrogens with zero attached hydrogens (tertiary/aromatic N) is 3. The van der Waals surface area contributed by atoms with E-state index in [0.717, 1.165) is 21.3 Å². The summed E-state index contributed by atoms with van der Waals surface area (Å²) >= 11 is 1.50. The molecule has 0 radical (unpaired) electrons. The molecule has 122 valence electrons. The van der Waals surface area contributed by atoms with Crippen molar-refractivity contribution in [3.05, 3.63) is 41.9 Å². The first kappa shape index (κ1) is 15.3. The van der Waals surface area contributed by atoms with Crippen LogP contribution in [0.1, 0.15) is 18.5 Å². The summed E-state index contributed by atoms with van der Waals surface area (Å²) in [5.41, 5.74) is 3.16. The van der Waals surface area contributed by atoms with Crippen LogP contribution >= 0.6 is 11.3 Å². The van der Waals surface area contributed by atoms with Crippen molar-refractivity contribution in [2.24, 2.45) is 5.92 Å². The number of thiazole rings is 1. The maximum atomic E-state index is 12.9. The average molecular weight is 345 g/mol. The lowest BCUT2D eigenvalue weighted by Gasteiger charge is -2.33. The molecule has 24 heavy (non-hydrogen) atoms. The van der Waals surface area contributed by atoms with Gasteiger partial charge in [0.15, 0.2) is 0 Å². The van der Waals surface area contributed by atoms with Gasteiger partial charge < -0.3 is 0 Å². The van der Waals surface area contributed by atoms with Gasteiger partial charge in [-0.2, -0.15) is 0 Å². The lowest BCUT2D eigenvalue weighted by atomic mass is 9.77. The van der Waals surface area contributed by atoms with Gasteiger partial charge in [0.05, 0.1) is 16.1 Å². The Balaban J connectivity index is 1.57. The maximum absolute atomic E-state index is 12.9. The van der Waals surface area contributed by atoms with Gasteiger partial charge in [-0.3, -0.25) is 19.7 Å². The molecule has 4 nitrogen and oxygen atoms in total. The normalized spacial score (nSPS) is 16.9. The van der Waals surface area contributed by atoms with Gasteiger partial charge in [-0.25, -0.2) is 8.78 Å². The van der Waals surface area contributed by atoms with E-state index in [1.807, 2.05) is 12.1 Å². The van der Waals surface area contributed by atoms with Crippen molar-refractivity contribution in [3.8, 4) is 10.6 Å². The lowest BCUT2D eigenvalue weighted by Crippen LogP contribution is -2.40. The minimum absolute atomic E-state index is 0.0922. The zero-order chi connectivity index (χ0) is 16.7. The molecule has 7 heteroatoms. The summed E-state index contributed by atoms with van der Waals surface area (Å²) in [4.78, 5) is 25.7. The largest absolute Gasteiger partial charge is 0.299 e. The third-order valence-corrected chi connectivity index (χ3v) is 5.04. The standard InChI is InChI=1S/C17H13F2N3OS/c18-17(19)4-11(5-17)15(23)3-13-1-10-2-14(16-8-20-9-24-16)22-7-12(10)6-21-13/h1-2,6-9,11H,3-5H2. The van der Waals surface area contributed by atoms with Crippen LogP contribution in [0.25, 0.3) is 21.3 Å². The number of fused-ring (bicyclic) bond motifs is 1. The van der Waals surface area contributed by atoms with Crippen molar-refractivity contribution in [1.82, 2.24) is 15.0 Å². The topological polar surface area (TPSA) is 55.7 Å². The monoisotopic (exact) mass is 345 g/mol. The summed E-state index contributed by atoms with van der Waals surface area (Å²) in [5, 5.41) is 1.79. The summed E-state index contributed by atoms with van der Waals surface area (Å²) in [7, 11) is 0. The van der Waals surface area contributed by atoms with E-state index < -0.39 is 11.8 Å². The number of hydrogen-bond acceptors (Lipinski definition) is 5. The van der Waals surface area contributed by atoms with E-state index >= 15 is 0 Å². The number of Topliss-reactive ketones (excluding diaryl/α,β-unsaturated/α-hetero) is 1. The minimum Gasteiger partial charge on any atom is -0.299 e. The highest BCUT2D eigenvalue weighted by Gasteiger charge is 2.48. The van der Waals surface area contributed by atoms with E-state index in [9.17, 15) is 13.6 Å². The molecule has 0 saturated heterocycles. The molecule has 3 heterocycles. The fourth-order valence-electron chi connectivity index (χ4n) is 2.87. The quantitative estimate of drug-likeness (QED) is 0.719. The summed E-state index contributed by atoms with van der Waals surface area (Å²) < 4.78 is 25.8. The second-order valence-electron chi connectivity index (χ2n) is 6.06. The van der Waals surface area contributed by atoms with Gasteiger partial charge in [-0.1, -0.05) is 0 Å². The Morgan fingerprint density at radius 1 is 1.17 bits per heavy atom. The Bertz CT molecular complexity index is 903. The van der Waals surface area contributed by atoms with Crippen molar-refractivity contribution in [2.45, 2.75) is 25.2 Å². The number of hydrogen-bond donors (Lipinski definition) is 0. The molecule has 0 N–H and O–H groups in total. The molecule has 0 bridgehead atoms. The van der Waals surface area contributed by atoms with Crippen molar-refractivity contribution in [3.63, 3.8) is 0 Å². The highest BCUT2D eigenvalue weighted by Crippen LogP contribution is 2.43. The van der Waals surface area contributed by atoms with Gasteiger partial charge in [0.25, 0.3) is 0 Å². The molecule has 0 aliphatic heterocycles. The van der Waals surface area contributed by atoms with Crippen LogP contribution in [0.3, 0.4) is 0 Å². The molecule has 0 amide bonds. The van der Waals surface area contributed by atoms with Crippen LogP contribution in [-0.4, -0.2) is 26.7 Å². The second kappa shape index (κ2) is 5.66. The van der Waals surface area contributed by atoms with Gasteiger partial charge in [0.1, 0.15) is 5.78 Å². The number of rotatable bonds is 4. The van der Waals surface area contributed by atoms with Crippen LogP contribution in [0.2, 0.25) is 0 Å². The third-order valence-electron chi connectivity index (χ3n) is 4.25. The highest BCUT2D eigenvalue weighted by atomic mass is 32.1. The zero-order valence-electron chi connectivity index (χ0n) is 12.6. The Morgan fingerprint density at radius 3 is 2.67 bits per heavy atom. The van der Waals surface area contributed by atoms with Crippen molar-refractivity contribution >= 4 is 27.9 Å². The number of carbonyl (C=O) groups is 1. The Labute approximate surface area is 140 Å². The molecular formula is C17H13F2N3OS. The number of aromatic nitrogens is 3. The second-order valence-corrected chi connectivity index (χ2v) is 6.95. The number of alkyl halides is 2. The lowest BCUT2D eigenvalue weighted by molar-refractivity contribution is -0.147. The summed E-state index contributed by atoms with van der Waals surface area (Å²) in [6, 6.07) is 3.76. The number of ketones is 1. The first-order valence-corrected chi connectivity index (χ1v) is 8.42. The Kier molecular flexibility index (Phi) is 3.60. The van der Waals surface area contributed by atoms with Crippen molar-refractivity contribution in [2.75, 3.05) is 0 Å². The smallest absolute Gasteiger partial charge is 0.249 e. The molecule has 1 aliphatic rings. The van der Waals surface area contributed by atoms with Crippen LogP contribution < -0.4 is 0 Å². The maximum Gasteiger partial charge on any atom is 0.249 e. The van der Waals surface area contributed by atoms with Crippen LogP contribution in [0, 0.1) is 5.92 Å². The van der Waals surface area contributed by atoms with E-state index in [4.69, 9.17) is 0 Å². The molecule has 1 saturated carbocycles. The fraction of sp³-hybridized carbons (Fsp3) is 0.294. The zero-order valence-corrected chi connectivity index (χ0v) is 13.4. The van der Waals surface area contributed by atoms with Gasteiger partial charge in [-0.15, -0.1) is 11.3 Å². The van der Waals surface area contributed by atoms with Crippen LogP contribution in [0.15, 0.2) is 36.2 Å². The van der Waals surface area contributed by atoms with Gasteiger partial charge in [-0.05, 0) is 17.5 Å². The van der Waals surface area contributed by atoms with Gasteiger partial charge in [0, 0.05) is 54.9 Å². The molecule has 0 aromatic carbocycles. The Hall–Kier alpha value is -2.28. The predicted molar refractivity (Wildman–Crippen MR) is 87.0 cm³/mol. The van der Waals surface area contributed by atoms with Crippen molar-refractivity contribution in [1.29, 1.82) is 0 Å². The van der Waals surface area contributed by atoms with E-state index in [0.29, 0.717) is 5.69 Å². The van der Waals surface area contributed by atoms with E-state index in [2.05, 4.69) is 15.0 Å². The third kappa shape index (κ3) is 2.91. The first-order valence-electron chi connectivity index (χ1n) is 7.54. The number of pyridine rings is 2. The Morgan fingerprint density at radius 2 is 1.96 bits per heavy atom. The molecular weight excluding hydrogens is 332 g/mol. The molecule has 4 rings (SSSR count).